The smallest absolute Gasteiger partial charge is 0.119 e. The van der Waals surface area contributed by atoms with Gasteiger partial charge in [0, 0.05) is 27.7 Å². The molecule has 1 atom stereocenters. The van der Waals surface area contributed by atoms with Crippen molar-refractivity contribution in [1.29, 1.82) is 0 Å². The van der Waals surface area contributed by atoms with Crippen molar-refractivity contribution >= 4 is 22.5 Å². The topological polar surface area (TPSA) is 54.6 Å². The summed E-state index contributed by atoms with van der Waals surface area (Å²) in [6.07, 6.45) is 1.21. The summed E-state index contributed by atoms with van der Waals surface area (Å²) < 4.78 is 7.51. The maximum Gasteiger partial charge on any atom is 0.119 e. The molecule has 0 fully saturated rings. The number of para-hydroxylation sites is 1. The Hall–Kier alpha value is -2.01. The van der Waals surface area contributed by atoms with Crippen molar-refractivity contribution in [3.05, 3.63) is 65.3 Å². The van der Waals surface area contributed by atoms with E-state index >= 15 is 0 Å². The van der Waals surface area contributed by atoms with Crippen LogP contribution in [-0.4, -0.2) is 27.5 Å². The van der Waals surface area contributed by atoms with Gasteiger partial charge in [0.15, 0.2) is 0 Å². The van der Waals surface area contributed by atoms with E-state index in [0.717, 1.165) is 16.5 Å². The molecular formula is C18H18ClNO3. The zero-order valence-corrected chi connectivity index (χ0v) is 13.3. The van der Waals surface area contributed by atoms with Crippen LogP contribution in [0.2, 0.25) is 5.02 Å². The van der Waals surface area contributed by atoms with Gasteiger partial charge >= 0.3 is 0 Å². The first-order chi connectivity index (χ1) is 11.2. The first-order valence-corrected chi connectivity index (χ1v) is 7.79. The van der Waals surface area contributed by atoms with Gasteiger partial charge in [-0.3, -0.25) is 0 Å². The van der Waals surface area contributed by atoms with E-state index in [2.05, 4.69) is 0 Å². The number of nitrogens with zero attached hydrogens (tertiary/aromatic N) is 1. The molecular weight excluding hydrogens is 314 g/mol. The number of aliphatic hydroxyl groups is 2. The first-order valence-electron chi connectivity index (χ1n) is 7.41. The van der Waals surface area contributed by atoms with Gasteiger partial charge in [0.1, 0.15) is 18.5 Å². The normalized spacial score (nSPS) is 12.5. The molecule has 2 N–H and O–H groups in total. The van der Waals surface area contributed by atoms with Crippen molar-refractivity contribution in [2.75, 3.05) is 6.61 Å². The van der Waals surface area contributed by atoms with Crippen molar-refractivity contribution in [3.63, 3.8) is 0 Å². The molecule has 0 aliphatic heterocycles. The van der Waals surface area contributed by atoms with Gasteiger partial charge in [-0.15, -0.1) is 0 Å². The summed E-state index contributed by atoms with van der Waals surface area (Å²) in [7, 11) is 0. The third kappa shape index (κ3) is 3.67. The van der Waals surface area contributed by atoms with Crippen molar-refractivity contribution in [1.82, 2.24) is 4.57 Å². The summed E-state index contributed by atoms with van der Waals surface area (Å²) in [6, 6.07) is 14.8. The lowest BCUT2D eigenvalue weighted by molar-refractivity contribution is 0.0935. The number of fused-ring (bicyclic) bond motifs is 1. The predicted octanol–water partition coefficient (Wildman–Crippen LogP) is 3.23. The van der Waals surface area contributed by atoms with E-state index < -0.39 is 6.10 Å². The summed E-state index contributed by atoms with van der Waals surface area (Å²) >= 11 is 5.82. The van der Waals surface area contributed by atoms with Gasteiger partial charge in [-0.25, -0.2) is 0 Å². The Kier molecular flexibility index (Phi) is 4.86. The van der Waals surface area contributed by atoms with Crippen LogP contribution in [0.5, 0.6) is 5.75 Å². The number of rotatable bonds is 6. The zero-order valence-electron chi connectivity index (χ0n) is 12.5. The van der Waals surface area contributed by atoms with Crippen molar-refractivity contribution in [2.45, 2.75) is 19.3 Å². The van der Waals surface area contributed by atoms with E-state index in [0.29, 0.717) is 17.3 Å². The van der Waals surface area contributed by atoms with Crippen LogP contribution in [-0.2, 0) is 13.2 Å². The minimum Gasteiger partial charge on any atom is -0.491 e. The molecule has 0 aliphatic carbocycles. The highest BCUT2D eigenvalue weighted by Gasteiger charge is 2.12. The highest BCUT2D eigenvalue weighted by Crippen LogP contribution is 2.22. The van der Waals surface area contributed by atoms with Crippen LogP contribution in [0.15, 0.2) is 54.7 Å². The fourth-order valence-electron chi connectivity index (χ4n) is 2.60. The Labute approximate surface area is 139 Å². The van der Waals surface area contributed by atoms with Crippen molar-refractivity contribution in [3.8, 4) is 5.75 Å². The average molecular weight is 332 g/mol. The monoisotopic (exact) mass is 331 g/mol. The minimum atomic E-state index is -0.659. The Morgan fingerprint density at radius 1 is 1.09 bits per heavy atom. The molecule has 0 amide bonds. The molecule has 3 rings (SSSR count). The molecule has 0 spiro atoms. The molecule has 0 unspecified atom stereocenters. The van der Waals surface area contributed by atoms with Crippen molar-refractivity contribution in [2.24, 2.45) is 0 Å². The minimum absolute atomic E-state index is 0.0229. The second-order valence-electron chi connectivity index (χ2n) is 5.40. The van der Waals surface area contributed by atoms with Crippen LogP contribution in [0.4, 0.5) is 0 Å². The Balaban J connectivity index is 1.68. The number of halogens is 1. The van der Waals surface area contributed by atoms with E-state index in [1.807, 2.05) is 35.0 Å². The molecule has 0 saturated heterocycles. The molecule has 0 saturated carbocycles. The number of hydrogen-bond donors (Lipinski definition) is 2. The maximum absolute atomic E-state index is 10.2. The SMILES string of the molecule is OCc1cn(C[C@@H](O)COc2ccc(Cl)cc2)c2ccccc12. The van der Waals surface area contributed by atoms with Crippen LogP contribution in [0.25, 0.3) is 10.9 Å². The fourth-order valence-corrected chi connectivity index (χ4v) is 2.73. The van der Waals surface area contributed by atoms with Crippen LogP contribution in [0, 0.1) is 0 Å². The number of hydrogen-bond acceptors (Lipinski definition) is 3. The summed E-state index contributed by atoms with van der Waals surface area (Å²) in [6.45, 7) is 0.557. The number of aliphatic hydroxyl groups excluding tert-OH is 2. The summed E-state index contributed by atoms with van der Waals surface area (Å²) in [4.78, 5) is 0. The van der Waals surface area contributed by atoms with E-state index in [4.69, 9.17) is 16.3 Å². The highest BCUT2D eigenvalue weighted by molar-refractivity contribution is 6.30. The second-order valence-corrected chi connectivity index (χ2v) is 5.84. The number of benzene rings is 2. The van der Waals surface area contributed by atoms with Gasteiger partial charge in [0.25, 0.3) is 0 Å². The van der Waals surface area contributed by atoms with Gasteiger partial charge in [0.2, 0.25) is 0 Å². The predicted molar refractivity (Wildman–Crippen MR) is 90.8 cm³/mol. The molecule has 23 heavy (non-hydrogen) atoms. The Bertz CT molecular complexity index is 783. The molecule has 120 valence electrons. The van der Waals surface area contributed by atoms with E-state index in [-0.39, 0.29) is 13.2 Å². The highest BCUT2D eigenvalue weighted by atomic mass is 35.5. The number of ether oxygens (including phenoxy) is 1. The molecule has 0 bridgehead atoms. The molecule has 1 aromatic heterocycles. The molecule has 0 aliphatic rings. The van der Waals surface area contributed by atoms with Gasteiger partial charge in [0.05, 0.1) is 13.2 Å². The molecule has 4 nitrogen and oxygen atoms in total. The summed E-state index contributed by atoms with van der Waals surface area (Å²) in [5.74, 6) is 0.668. The lowest BCUT2D eigenvalue weighted by Crippen LogP contribution is -2.23. The van der Waals surface area contributed by atoms with Gasteiger partial charge in [-0.1, -0.05) is 29.8 Å². The maximum atomic E-state index is 10.2. The standard InChI is InChI=1S/C18H18ClNO3/c19-14-5-7-16(8-6-14)23-12-15(22)10-20-9-13(11-21)17-3-1-2-4-18(17)20/h1-9,15,21-22H,10-12H2/t15-/m1/s1. The van der Waals surface area contributed by atoms with Gasteiger partial charge in [-0.2, -0.15) is 0 Å². The number of aromatic nitrogens is 1. The third-order valence-electron chi connectivity index (χ3n) is 3.70. The van der Waals surface area contributed by atoms with Crippen LogP contribution in [0.3, 0.4) is 0 Å². The molecule has 0 radical (unpaired) electrons. The molecule has 3 aromatic rings. The van der Waals surface area contributed by atoms with Crippen LogP contribution < -0.4 is 4.74 Å². The van der Waals surface area contributed by atoms with Gasteiger partial charge < -0.3 is 19.5 Å². The summed E-state index contributed by atoms with van der Waals surface area (Å²) in [5.41, 5.74) is 1.84. The molecule has 1 heterocycles. The largest absolute Gasteiger partial charge is 0.491 e. The Morgan fingerprint density at radius 2 is 1.83 bits per heavy atom. The van der Waals surface area contributed by atoms with E-state index in [1.54, 1.807) is 24.3 Å². The fraction of sp³-hybridized carbons (Fsp3) is 0.222. The van der Waals surface area contributed by atoms with Crippen LogP contribution >= 0.6 is 11.6 Å². The second kappa shape index (κ2) is 7.04. The molecule has 5 heteroatoms. The first kappa shape index (κ1) is 15.9. The average Bonchev–Trinajstić information content (AvgIpc) is 2.92. The summed E-state index contributed by atoms with van der Waals surface area (Å²) in [5, 5.41) is 21.3. The van der Waals surface area contributed by atoms with Gasteiger partial charge in [-0.05, 0) is 30.3 Å². The molecule has 2 aromatic carbocycles. The zero-order chi connectivity index (χ0) is 16.2. The van der Waals surface area contributed by atoms with Crippen molar-refractivity contribution < 1.29 is 14.9 Å². The third-order valence-corrected chi connectivity index (χ3v) is 3.96. The van der Waals surface area contributed by atoms with Crippen LogP contribution in [0.1, 0.15) is 5.56 Å². The van der Waals surface area contributed by atoms with E-state index in [9.17, 15) is 10.2 Å². The lowest BCUT2D eigenvalue weighted by Gasteiger charge is -2.14. The Morgan fingerprint density at radius 3 is 2.57 bits per heavy atom. The van der Waals surface area contributed by atoms with E-state index in [1.165, 1.54) is 0 Å². The quantitative estimate of drug-likeness (QED) is 0.729. The lowest BCUT2D eigenvalue weighted by atomic mass is 10.2.